The number of hydrogen-bond acceptors (Lipinski definition) is 4. The fraction of sp³-hybridized carbons (Fsp3) is 0.692. The van der Waals surface area contributed by atoms with E-state index in [0.717, 1.165) is 18.8 Å². The van der Waals surface area contributed by atoms with E-state index < -0.39 is 10.0 Å². The summed E-state index contributed by atoms with van der Waals surface area (Å²) in [5.41, 5.74) is 0.895. The maximum atomic E-state index is 12.5. The lowest BCUT2D eigenvalue weighted by atomic mass is 10.3. The highest BCUT2D eigenvalue weighted by Gasteiger charge is 2.28. The lowest BCUT2D eigenvalue weighted by molar-refractivity contribution is 0.222. The number of hydrogen-bond donors (Lipinski definition) is 2. The first-order valence-electron chi connectivity index (χ1n) is 6.99. The molecule has 2 heterocycles. The Labute approximate surface area is 121 Å². The van der Waals surface area contributed by atoms with Gasteiger partial charge in [-0.15, -0.1) is 0 Å². The van der Waals surface area contributed by atoms with Gasteiger partial charge in [-0.05, 0) is 13.1 Å². The molecule has 0 aliphatic carbocycles. The van der Waals surface area contributed by atoms with Crippen molar-refractivity contribution in [3.8, 4) is 0 Å². The summed E-state index contributed by atoms with van der Waals surface area (Å²) in [6, 6.07) is 2.10. The van der Waals surface area contributed by atoms with E-state index in [1.807, 2.05) is 7.05 Å². The summed E-state index contributed by atoms with van der Waals surface area (Å²) in [7, 11) is -1.35. The molecule has 1 saturated heterocycles. The summed E-state index contributed by atoms with van der Waals surface area (Å²) in [5, 5.41) is 3.27. The molecule has 20 heavy (non-hydrogen) atoms. The second kappa shape index (κ2) is 6.26. The highest BCUT2D eigenvalue weighted by Crippen LogP contribution is 2.18. The van der Waals surface area contributed by atoms with E-state index in [1.165, 1.54) is 0 Å². The van der Waals surface area contributed by atoms with Crippen LogP contribution in [0.15, 0.2) is 17.2 Å². The van der Waals surface area contributed by atoms with Gasteiger partial charge < -0.3 is 15.2 Å². The van der Waals surface area contributed by atoms with Gasteiger partial charge in [0.25, 0.3) is 0 Å². The molecule has 1 aromatic heterocycles. The largest absolute Gasteiger partial charge is 0.363 e. The van der Waals surface area contributed by atoms with Gasteiger partial charge in [0, 0.05) is 50.7 Å². The maximum Gasteiger partial charge on any atom is 0.244 e. The van der Waals surface area contributed by atoms with E-state index in [1.54, 1.807) is 16.6 Å². The van der Waals surface area contributed by atoms with Crippen molar-refractivity contribution in [3.63, 3.8) is 0 Å². The molecule has 2 N–H and O–H groups in total. The smallest absolute Gasteiger partial charge is 0.244 e. The quantitative estimate of drug-likeness (QED) is 0.828. The standard InChI is InChI=1S/C13H24N4O2S/c1-11(2)14-9-12-8-13(10-15-12)20(18,19)17-6-4-16(3)5-7-17/h8,10-11,14-15H,4-7,9H2,1-3H3. The lowest BCUT2D eigenvalue weighted by Gasteiger charge is -2.31. The number of nitrogens with one attached hydrogen (secondary N) is 2. The first-order chi connectivity index (χ1) is 9.39. The van der Waals surface area contributed by atoms with E-state index in [0.29, 0.717) is 30.6 Å². The van der Waals surface area contributed by atoms with Crippen molar-refractivity contribution in [2.75, 3.05) is 33.2 Å². The number of rotatable bonds is 5. The van der Waals surface area contributed by atoms with Crippen molar-refractivity contribution in [1.29, 1.82) is 0 Å². The van der Waals surface area contributed by atoms with Crippen LogP contribution in [-0.4, -0.2) is 61.9 Å². The minimum atomic E-state index is -3.36. The molecule has 114 valence electrons. The highest BCUT2D eigenvalue weighted by atomic mass is 32.2. The van der Waals surface area contributed by atoms with Crippen molar-refractivity contribution < 1.29 is 8.42 Å². The third kappa shape index (κ3) is 3.60. The molecule has 0 spiro atoms. The summed E-state index contributed by atoms with van der Waals surface area (Å²) in [6.07, 6.45) is 1.59. The topological polar surface area (TPSA) is 68.4 Å². The minimum Gasteiger partial charge on any atom is -0.363 e. The van der Waals surface area contributed by atoms with E-state index in [2.05, 4.69) is 29.0 Å². The fourth-order valence-corrected chi connectivity index (χ4v) is 3.60. The van der Waals surface area contributed by atoms with Crippen LogP contribution < -0.4 is 5.32 Å². The normalized spacial score (nSPS) is 18.8. The van der Waals surface area contributed by atoms with Crippen LogP contribution in [0.2, 0.25) is 0 Å². The summed E-state index contributed by atoms with van der Waals surface area (Å²) in [5.74, 6) is 0. The van der Waals surface area contributed by atoms with Gasteiger partial charge in [-0.25, -0.2) is 8.42 Å². The molecule has 1 aliphatic rings. The molecular weight excluding hydrogens is 276 g/mol. The van der Waals surface area contributed by atoms with Crippen LogP contribution in [0.1, 0.15) is 19.5 Å². The van der Waals surface area contributed by atoms with Crippen LogP contribution in [0.25, 0.3) is 0 Å². The molecule has 0 aromatic carbocycles. The van der Waals surface area contributed by atoms with Crippen LogP contribution in [-0.2, 0) is 16.6 Å². The van der Waals surface area contributed by atoms with E-state index in [4.69, 9.17) is 0 Å². The summed E-state index contributed by atoms with van der Waals surface area (Å²) < 4.78 is 26.6. The van der Waals surface area contributed by atoms with Crippen LogP contribution in [0, 0.1) is 0 Å². The average molecular weight is 300 g/mol. The van der Waals surface area contributed by atoms with Gasteiger partial charge in [0.05, 0.1) is 4.90 Å². The Kier molecular flexibility index (Phi) is 4.85. The third-order valence-corrected chi connectivity index (χ3v) is 5.39. The average Bonchev–Trinajstić information content (AvgIpc) is 2.86. The van der Waals surface area contributed by atoms with Crippen molar-refractivity contribution in [2.45, 2.75) is 31.3 Å². The zero-order valence-electron chi connectivity index (χ0n) is 12.4. The Morgan fingerprint density at radius 3 is 2.55 bits per heavy atom. The highest BCUT2D eigenvalue weighted by molar-refractivity contribution is 7.89. The number of nitrogens with zero attached hydrogens (tertiary/aromatic N) is 2. The zero-order valence-corrected chi connectivity index (χ0v) is 13.2. The van der Waals surface area contributed by atoms with Crippen molar-refractivity contribution >= 4 is 10.0 Å². The first-order valence-corrected chi connectivity index (χ1v) is 8.43. The number of sulfonamides is 1. The van der Waals surface area contributed by atoms with Gasteiger partial charge in [-0.1, -0.05) is 13.8 Å². The molecule has 0 saturated carbocycles. The molecule has 1 fully saturated rings. The minimum absolute atomic E-state index is 0.364. The van der Waals surface area contributed by atoms with Gasteiger partial charge in [0.2, 0.25) is 10.0 Å². The molecule has 6 nitrogen and oxygen atoms in total. The second-order valence-corrected chi connectivity index (χ2v) is 7.54. The van der Waals surface area contributed by atoms with E-state index in [-0.39, 0.29) is 0 Å². The number of aromatic nitrogens is 1. The number of likely N-dealkylation sites (N-methyl/N-ethyl adjacent to an activating group) is 1. The molecular formula is C13H24N4O2S. The van der Waals surface area contributed by atoms with Gasteiger partial charge >= 0.3 is 0 Å². The van der Waals surface area contributed by atoms with Crippen molar-refractivity contribution in [3.05, 3.63) is 18.0 Å². The van der Waals surface area contributed by atoms with Crippen molar-refractivity contribution in [1.82, 2.24) is 19.5 Å². The molecule has 0 radical (unpaired) electrons. The van der Waals surface area contributed by atoms with Crippen LogP contribution >= 0.6 is 0 Å². The number of H-pyrrole nitrogens is 1. The maximum absolute atomic E-state index is 12.5. The Morgan fingerprint density at radius 2 is 1.95 bits per heavy atom. The first kappa shape index (κ1) is 15.5. The molecule has 0 amide bonds. The molecule has 2 rings (SSSR count). The SMILES string of the molecule is CC(C)NCc1cc(S(=O)(=O)N2CCN(C)CC2)c[nH]1. The van der Waals surface area contributed by atoms with Crippen LogP contribution in [0.3, 0.4) is 0 Å². The molecule has 1 aromatic rings. The molecule has 1 aliphatic heterocycles. The Balaban J connectivity index is 2.06. The Hall–Kier alpha value is -0.890. The zero-order chi connectivity index (χ0) is 14.8. The second-order valence-electron chi connectivity index (χ2n) is 5.60. The number of aromatic amines is 1. The van der Waals surface area contributed by atoms with E-state index in [9.17, 15) is 8.42 Å². The Morgan fingerprint density at radius 1 is 1.30 bits per heavy atom. The molecule has 7 heteroatoms. The predicted octanol–water partition coefficient (Wildman–Crippen LogP) is 0.449. The van der Waals surface area contributed by atoms with Crippen molar-refractivity contribution in [2.24, 2.45) is 0 Å². The van der Waals surface area contributed by atoms with Gasteiger partial charge in [0.15, 0.2) is 0 Å². The number of piperazine rings is 1. The van der Waals surface area contributed by atoms with Gasteiger partial charge in [-0.2, -0.15) is 4.31 Å². The van der Waals surface area contributed by atoms with Crippen LogP contribution in [0.5, 0.6) is 0 Å². The Bertz CT molecular complexity index is 530. The summed E-state index contributed by atoms with van der Waals surface area (Å²) in [4.78, 5) is 5.54. The summed E-state index contributed by atoms with van der Waals surface area (Å²) in [6.45, 7) is 7.45. The fourth-order valence-electron chi connectivity index (χ4n) is 2.16. The van der Waals surface area contributed by atoms with E-state index >= 15 is 0 Å². The van der Waals surface area contributed by atoms with Crippen LogP contribution in [0.4, 0.5) is 0 Å². The molecule has 0 bridgehead atoms. The molecule has 0 atom stereocenters. The monoisotopic (exact) mass is 300 g/mol. The molecule has 0 unspecified atom stereocenters. The third-order valence-electron chi connectivity index (χ3n) is 3.52. The van der Waals surface area contributed by atoms with Gasteiger partial charge in [-0.3, -0.25) is 0 Å². The predicted molar refractivity (Wildman–Crippen MR) is 79.0 cm³/mol. The summed E-state index contributed by atoms with van der Waals surface area (Å²) >= 11 is 0. The van der Waals surface area contributed by atoms with Gasteiger partial charge in [0.1, 0.15) is 0 Å². The lowest BCUT2D eigenvalue weighted by Crippen LogP contribution is -2.46.